The van der Waals surface area contributed by atoms with Crippen molar-refractivity contribution in [2.45, 2.75) is 50.7 Å². The number of rotatable bonds is 5. The van der Waals surface area contributed by atoms with Crippen LogP contribution in [0.1, 0.15) is 32.6 Å². The Morgan fingerprint density at radius 2 is 2.05 bits per heavy atom. The van der Waals surface area contributed by atoms with Crippen molar-refractivity contribution in [3.05, 3.63) is 0 Å². The summed E-state index contributed by atoms with van der Waals surface area (Å²) in [6.45, 7) is 2.27. The Labute approximate surface area is 117 Å². The van der Waals surface area contributed by atoms with Crippen molar-refractivity contribution < 1.29 is 19.1 Å². The number of nitrogens with two attached hydrogens (primary N) is 1. The number of likely N-dealkylation sites (tertiary alicyclic amines) is 1. The molecule has 1 heterocycles. The zero-order valence-electron chi connectivity index (χ0n) is 11.6. The number of esters is 1. The number of nitrogens with one attached hydrogen (secondary N) is 1. The quantitative estimate of drug-likeness (QED) is 0.505. The van der Waals surface area contributed by atoms with Crippen molar-refractivity contribution in [2.75, 3.05) is 13.2 Å². The third kappa shape index (κ3) is 3.27. The third-order valence-corrected chi connectivity index (χ3v) is 3.57. The number of ether oxygens (including phenoxy) is 1. The summed E-state index contributed by atoms with van der Waals surface area (Å²) in [6.07, 6.45) is 3.34. The smallest absolute Gasteiger partial charge is 0.332 e. The molecule has 1 saturated carbocycles. The summed E-state index contributed by atoms with van der Waals surface area (Å²) >= 11 is 0. The summed E-state index contributed by atoms with van der Waals surface area (Å²) in [6, 6.07) is -1.60. The fourth-order valence-electron chi connectivity index (χ4n) is 2.34. The van der Waals surface area contributed by atoms with E-state index in [0.717, 1.165) is 19.3 Å². The second-order valence-electron chi connectivity index (χ2n) is 5.20. The standard InChI is InChI=1S/C13H21N3O4/c1-2-20-13(19)10(14)12(18)16-7-3-4-9(16)11(17)15-8-5-6-8/h8-10H,2-7,14H2,1H3,(H,15,17). The van der Waals surface area contributed by atoms with E-state index in [4.69, 9.17) is 10.5 Å². The van der Waals surface area contributed by atoms with Crippen LogP contribution in [0.5, 0.6) is 0 Å². The van der Waals surface area contributed by atoms with E-state index in [0.29, 0.717) is 13.0 Å². The van der Waals surface area contributed by atoms with E-state index in [9.17, 15) is 14.4 Å². The molecule has 0 aromatic rings. The minimum Gasteiger partial charge on any atom is -0.464 e. The topological polar surface area (TPSA) is 102 Å². The second-order valence-corrected chi connectivity index (χ2v) is 5.20. The molecule has 1 saturated heterocycles. The first-order valence-corrected chi connectivity index (χ1v) is 7.07. The van der Waals surface area contributed by atoms with E-state index in [2.05, 4.69) is 5.32 Å². The molecule has 1 aliphatic heterocycles. The average Bonchev–Trinajstić information content (AvgIpc) is 3.09. The molecular weight excluding hydrogens is 262 g/mol. The van der Waals surface area contributed by atoms with Crippen LogP contribution in [0.4, 0.5) is 0 Å². The molecule has 7 heteroatoms. The Balaban J connectivity index is 1.96. The molecule has 2 fully saturated rings. The lowest BCUT2D eigenvalue weighted by Crippen LogP contribution is -2.54. The summed E-state index contributed by atoms with van der Waals surface area (Å²) in [7, 11) is 0. The van der Waals surface area contributed by atoms with E-state index in [1.807, 2.05) is 0 Å². The van der Waals surface area contributed by atoms with Crippen LogP contribution in [0, 0.1) is 0 Å². The average molecular weight is 283 g/mol. The molecule has 20 heavy (non-hydrogen) atoms. The molecule has 2 rings (SSSR count). The Morgan fingerprint density at radius 1 is 1.35 bits per heavy atom. The van der Waals surface area contributed by atoms with Gasteiger partial charge in [0, 0.05) is 12.6 Å². The molecule has 2 aliphatic rings. The van der Waals surface area contributed by atoms with Crippen molar-refractivity contribution in [3.8, 4) is 0 Å². The first kappa shape index (κ1) is 14.8. The highest BCUT2D eigenvalue weighted by molar-refractivity contribution is 6.03. The van der Waals surface area contributed by atoms with Gasteiger partial charge < -0.3 is 20.7 Å². The molecule has 7 nitrogen and oxygen atoms in total. The first-order chi connectivity index (χ1) is 9.54. The lowest BCUT2D eigenvalue weighted by atomic mass is 10.2. The van der Waals surface area contributed by atoms with Crippen LogP contribution in [0.15, 0.2) is 0 Å². The maximum Gasteiger partial charge on any atom is 0.332 e. The summed E-state index contributed by atoms with van der Waals surface area (Å²) < 4.78 is 4.74. The van der Waals surface area contributed by atoms with Crippen molar-refractivity contribution >= 4 is 17.8 Å². The molecule has 3 N–H and O–H groups in total. The molecule has 2 atom stereocenters. The molecule has 112 valence electrons. The minimum atomic E-state index is -1.34. The van der Waals surface area contributed by atoms with E-state index >= 15 is 0 Å². The summed E-state index contributed by atoms with van der Waals surface area (Å²) in [4.78, 5) is 37.2. The van der Waals surface area contributed by atoms with E-state index in [1.165, 1.54) is 4.90 Å². The molecular formula is C13H21N3O4. The van der Waals surface area contributed by atoms with Crippen molar-refractivity contribution in [1.29, 1.82) is 0 Å². The predicted octanol–water partition coefficient (Wildman–Crippen LogP) is -0.854. The summed E-state index contributed by atoms with van der Waals surface area (Å²) in [5, 5.41) is 2.88. The molecule has 2 amide bonds. The second kappa shape index (κ2) is 6.21. The number of hydrogen-bond donors (Lipinski definition) is 2. The van der Waals surface area contributed by atoms with Crippen LogP contribution in [0.25, 0.3) is 0 Å². The zero-order chi connectivity index (χ0) is 14.7. The number of hydrogen-bond acceptors (Lipinski definition) is 5. The lowest BCUT2D eigenvalue weighted by molar-refractivity contribution is -0.152. The highest BCUT2D eigenvalue weighted by atomic mass is 16.5. The molecule has 0 aromatic heterocycles. The number of carbonyl (C=O) groups excluding carboxylic acids is 3. The van der Waals surface area contributed by atoms with Gasteiger partial charge in [-0.25, -0.2) is 4.79 Å². The number of amides is 2. The van der Waals surface area contributed by atoms with Gasteiger partial charge in [0.1, 0.15) is 6.04 Å². The molecule has 0 radical (unpaired) electrons. The van der Waals surface area contributed by atoms with Crippen LogP contribution in [0.2, 0.25) is 0 Å². The van der Waals surface area contributed by atoms with Gasteiger partial charge in [-0.15, -0.1) is 0 Å². The van der Waals surface area contributed by atoms with Crippen LogP contribution in [-0.2, 0) is 19.1 Å². The van der Waals surface area contributed by atoms with Gasteiger partial charge in [-0.1, -0.05) is 0 Å². The van der Waals surface area contributed by atoms with Crippen molar-refractivity contribution in [1.82, 2.24) is 10.2 Å². The fourth-order valence-corrected chi connectivity index (χ4v) is 2.34. The Morgan fingerprint density at radius 3 is 2.65 bits per heavy atom. The molecule has 1 aliphatic carbocycles. The van der Waals surface area contributed by atoms with Crippen molar-refractivity contribution in [3.63, 3.8) is 0 Å². The zero-order valence-corrected chi connectivity index (χ0v) is 11.6. The van der Waals surface area contributed by atoms with Gasteiger partial charge in [-0.3, -0.25) is 9.59 Å². The molecule has 0 aromatic carbocycles. The minimum absolute atomic E-state index is 0.144. The highest BCUT2D eigenvalue weighted by Crippen LogP contribution is 2.22. The normalized spacial score (nSPS) is 23.3. The maximum absolute atomic E-state index is 12.2. The van der Waals surface area contributed by atoms with Crippen LogP contribution in [-0.4, -0.2) is 54.0 Å². The number of carbonyl (C=O) groups is 3. The van der Waals surface area contributed by atoms with Crippen LogP contribution < -0.4 is 11.1 Å². The van der Waals surface area contributed by atoms with Gasteiger partial charge in [-0.05, 0) is 32.6 Å². The molecule has 0 spiro atoms. The Hall–Kier alpha value is -1.63. The first-order valence-electron chi connectivity index (χ1n) is 7.07. The van der Waals surface area contributed by atoms with Gasteiger partial charge in [0.2, 0.25) is 5.91 Å². The lowest BCUT2D eigenvalue weighted by Gasteiger charge is -2.25. The van der Waals surface area contributed by atoms with Crippen molar-refractivity contribution in [2.24, 2.45) is 5.73 Å². The highest BCUT2D eigenvalue weighted by Gasteiger charge is 2.39. The predicted molar refractivity (Wildman–Crippen MR) is 70.5 cm³/mol. The monoisotopic (exact) mass is 283 g/mol. The van der Waals surface area contributed by atoms with Gasteiger partial charge in [-0.2, -0.15) is 0 Å². The van der Waals surface area contributed by atoms with E-state index in [-0.39, 0.29) is 18.6 Å². The Bertz CT molecular complexity index is 408. The number of nitrogens with zero attached hydrogens (tertiary/aromatic N) is 1. The van der Waals surface area contributed by atoms with Crippen LogP contribution >= 0.6 is 0 Å². The third-order valence-electron chi connectivity index (χ3n) is 3.57. The van der Waals surface area contributed by atoms with E-state index in [1.54, 1.807) is 6.92 Å². The summed E-state index contributed by atoms with van der Waals surface area (Å²) in [5.41, 5.74) is 5.61. The largest absolute Gasteiger partial charge is 0.464 e. The molecule has 2 unspecified atom stereocenters. The van der Waals surface area contributed by atoms with E-state index < -0.39 is 24.0 Å². The fraction of sp³-hybridized carbons (Fsp3) is 0.769. The van der Waals surface area contributed by atoms with Gasteiger partial charge in [0.15, 0.2) is 6.04 Å². The van der Waals surface area contributed by atoms with Gasteiger partial charge in [0.05, 0.1) is 6.61 Å². The maximum atomic E-state index is 12.2. The SMILES string of the molecule is CCOC(=O)C(N)C(=O)N1CCCC1C(=O)NC1CC1. The van der Waals surface area contributed by atoms with Crippen LogP contribution in [0.3, 0.4) is 0 Å². The summed E-state index contributed by atoms with van der Waals surface area (Å²) in [5.74, 6) is -1.42. The Kier molecular flexibility index (Phi) is 4.59. The molecule has 0 bridgehead atoms. The van der Waals surface area contributed by atoms with Gasteiger partial charge >= 0.3 is 5.97 Å². The van der Waals surface area contributed by atoms with Gasteiger partial charge in [0.25, 0.3) is 5.91 Å².